The topological polar surface area (TPSA) is 97.3 Å². The van der Waals surface area contributed by atoms with Crippen molar-refractivity contribution in [1.29, 1.82) is 0 Å². The molecule has 8 nitrogen and oxygen atoms in total. The van der Waals surface area contributed by atoms with Gasteiger partial charge >= 0.3 is 0 Å². The van der Waals surface area contributed by atoms with Crippen molar-refractivity contribution in [1.82, 2.24) is 10.2 Å². The Morgan fingerprint density at radius 2 is 1.81 bits per heavy atom. The molecule has 0 aliphatic carbocycles. The van der Waals surface area contributed by atoms with E-state index in [1.54, 1.807) is 19.1 Å². The summed E-state index contributed by atoms with van der Waals surface area (Å²) in [6.45, 7) is 11.2. The second-order valence-electron chi connectivity index (χ2n) is 8.63. The Kier molecular flexibility index (Phi) is 14.8. The van der Waals surface area contributed by atoms with Crippen LogP contribution in [0.1, 0.15) is 93.9 Å². The van der Waals surface area contributed by atoms with E-state index in [4.69, 9.17) is 9.47 Å². The molecule has 0 bridgehead atoms. The van der Waals surface area contributed by atoms with Crippen LogP contribution in [0.15, 0.2) is 34.5 Å². The Morgan fingerprint density at radius 3 is 2.39 bits per heavy atom. The molecule has 0 saturated carbocycles. The van der Waals surface area contributed by atoms with Crippen molar-refractivity contribution < 1.29 is 23.9 Å². The maximum atomic E-state index is 12.7. The third kappa shape index (κ3) is 10.6. The van der Waals surface area contributed by atoms with Crippen molar-refractivity contribution in [2.45, 2.75) is 73.1 Å². The van der Waals surface area contributed by atoms with E-state index in [1.807, 2.05) is 25.7 Å². The molecule has 8 heteroatoms. The Labute approximate surface area is 216 Å². The molecule has 0 aliphatic rings. The number of amides is 2. The van der Waals surface area contributed by atoms with E-state index < -0.39 is 0 Å². The standard InChI is InChI=1S/C28H43N3O5/c1-7-10-11-12-13-16-31(22(5)33)19-25(21(4)8-2)30-27(35-6)18-29-28(34)23-14-15-26(36-9-3)24(17-23)20-32/h14-15,17,20H,7-13,16,18-19H2,1-6H3,(H,29,34). The van der Waals surface area contributed by atoms with Gasteiger partial charge in [0.1, 0.15) is 5.75 Å². The van der Waals surface area contributed by atoms with E-state index >= 15 is 0 Å². The SMILES string of the molecule is CCCCCCCN(CC(N=C(CNC(=O)c1ccc(OCC)c(C=O)c1)OC)=C(C)CC)C(C)=O. The summed E-state index contributed by atoms with van der Waals surface area (Å²) in [5, 5.41) is 2.79. The normalized spacial score (nSPS) is 12.0. The number of carbonyl (C=O) groups excluding carboxylic acids is 3. The lowest BCUT2D eigenvalue weighted by molar-refractivity contribution is -0.128. The van der Waals surface area contributed by atoms with Gasteiger partial charge in [-0.05, 0) is 44.9 Å². The molecule has 0 unspecified atom stereocenters. The fraction of sp³-hybridized carbons (Fsp3) is 0.571. The van der Waals surface area contributed by atoms with E-state index in [-0.39, 0.29) is 18.4 Å². The van der Waals surface area contributed by atoms with Gasteiger partial charge in [-0.1, -0.05) is 45.1 Å². The molecule has 0 heterocycles. The summed E-state index contributed by atoms with van der Waals surface area (Å²) in [5.41, 5.74) is 2.46. The monoisotopic (exact) mass is 501 g/mol. The number of ether oxygens (including phenoxy) is 2. The summed E-state index contributed by atoms with van der Waals surface area (Å²) in [5.74, 6) is 0.421. The van der Waals surface area contributed by atoms with Crippen molar-refractivity contribution in [2.24, 2.45) is 4.99 Å². The summed E-state index contributed by atoms with van der Waals surface area (Å²) in [4.78, 5) is 42.8. The number of nitrogens with one attached hydrogen (secondary N) is 1. The molecule has 0 radical (unpaired) electrons. The predicted octanol–water partition coefficient (Wildman–Crippen LogP) is 5.18. The number of benzene rings is 1. The lowest BCUT2D eigenvalue weighted by atomic mass is 10.1. The van der Waals surface area contributed by atoms with Gasteiger partial charge in [-0.3, -0.25) is 14.4 Å². The van der Waals surface area contributed by atoms with Crippen LogP contribution in [-0.4, -0.2) is 62.2 Å². The van der Waals surface area contributed by atoms with E-state index in [9.17, 15) is 14.4 Å². The largest absolute Gasteiger partial charge is 0.493 e. The minimum absolute atomic E-state index is 0.0100. The Morgan fingerprint density at radius 1 is 1.08 bits per heavy atom. The maximum Gasteiger partial charge on any atom is 0.251 e. The first kappa shape index (κ1) is 30.9. The number of methoxy groups -OCH3 is 1. The number of unbranched alkanes of at least 4 members (excludes halogenated alkanes) is 4. The molecule has 1 aromatic rings. The number of aldehydes is 1. The molecule has 0 aromatic heterocycles. The van der Waals surface area contributed by atoms with E-state index in [1.165, 1.54) is 32.4 Å². The molecule has 0 saturated heterocycles. The number of allylic oxidation sites excluding steroid dienone is 1. The van der Waals surface area contributed by atoms with Crippen LogP contribution in [-0.2, 0) is 9.53 Å². The second kappa shape index (κ2) is 17.3. The van der Waals surface area contributed by atoms with E-state index in [2.05, 4.69) is 17.2 Å². The van der Waals surface area contributed by atoms with Crippen molar-refractivity contribution >= 4 is 24.0 Å². The quantitative estimate of drug-likeness (QED) is 0.146. The molecular formula is C28H43N3O5. The fourth-order valence-corrected chi connectivity index (χ4v) is 3.54. The molecule has 1 N–H and O–H groups in total. The van der Waals surface area contributed by atoms with Crippen LogP contribution in [0.2, 0.25) is 0 Å². The summed E-state index contributed by atoms with van der Waals surface area (Å²) in [6.07, 6.45) is 7.07. The smallest absolute Gasteiger partial charge is 0.251 e. The molecule has 36 heavy (non-hydrogen) atoms. The molecule has 0 aliphatic heterocycles. The zero-order chi connectivity index (χ0) is 26.9. The molecule has 1 rings (SSSR count). The minimum Gasteiger partial charge on any atom is -0.493 e. The Hall–Kier alpha value is -3.16. The molecule has 1 aromatic carbocycles. The number of hydrogen-bond acceptors (Lipinski definition) is 6. The fourth-order valence-electron chi connectivity index (χ4n) is 3.54. The van der Waals surface area contributed by atoms with Crippen molar-refractivity contribution in [2.75, 3.05) is 33.4 Å². The van der Waals surface area contributed by atoms with Crippen LogP contribution in [0, 0.1) is 0 Å². The average Bonchev–Trinajstić information content (AvgIpc) is 2.88. The van der Waals surface area contributed by atoms with Gasteiger partial charge in [-0.2, -0.15) is 0 Å². The first-order valence-electron chi connectivity index (χ1n) is 12.9. The average molecular weight is 502 g/mol. The summed E-state index contributed by atoms with van der Waals surface area (Å²) in [7, 11) is 1.50. The predicted molar refractivity (Wildman–Crippen MR) is 144 cm³/mol. The maximum absolute atomic E-state index is 12.7. The lowest BCUT2D eigenvalue weighted by Gasteiger charge is -2.23. The highest BCUT2D eigenvalue weighted by Crippen LogP contribution is 2.19. The Bertz CT molecular complexity index is 924. The summed E-state index contributed by atoms with van der Waals surface area (Å²) < 4.78 is 10.9. The van der Waals surface area contributed by atoms with Crippen molar-refractivity contribution in [3.05, 3.63) is 40.6 Å². The van der Waals surface area contributed by atoms with Gasteiger partial charge in [0.15, 0.2) is 6.29 Å². The number of carbonyl (C=O) groups is 3. The molecular weight excluding hydrogens is 458 g/mol. The zero-order valence-electron chi connectivity index (χ0n) is 22.8. The van der Waals surface area contributed by atoms with E-state index in [0.29, 0.717) is 48.8 Å². The molecule has 0 atom stereocenters. The van der Waals surface area contributed by atoms with Gasteiger partial charge < -0.3 is 19.7 Å². The summed E-state index contributed by atoms with van der Waals surface area (Å²) in [6, 6.07) is 4.71. The number of nitrogens with zero attached hydrogens (tertiary/aromatic N) is 2. The molecule has 0 spiro atoms. The number of rotatable bonds is 16. The van der Waals surface area contributed by atoms with Gasteiger partial charge in [0.05, 0.1) is 38.1 Å². The molecule has 200 valence electrons. The van der Waals surface area contributed by atoms with Crippen LogP contribution < -0.4 is 10.1 Å². The van der Waals surface area contributed by atoms with Crippen molar-refractivity contribution in [3.63, 3.8) is 0 Å². The number of aliphatic imine (C=N–C) groups is 1. The van der Waals surface area contributed by atoms with Gasteiger partial charge in [0, 0.05) is 19.0 Å². The van der Waals surface area contributed by atoms with Crippen molar-refractivity contribution in [3.8, 4) is 5.75 Å². The highest BCUT2D eigenvalue weighted by atomic mass is 16.5. The van der Waals surface area contributed by atoms with Gasteiger partial charge in [-0.25, -0.2) is 4.99 Å². The lowest BCUT2D eigenvalue weighted by Crippen LogP contribution is -2.33. The van der Waals surface area contributed by atoms with Crippen LogP contribution in [0.4, 0.5) is 0 Å². The highest BCUT2D eigenvalue weighted by Gasteiger charge is 2.15. The molecule has 0 fully saturated rings. The molecule has 2 amide bonds. The first-order valence-corrected chi connectivity index (χ1v) is 12.9. The highest BCUT2D eigenvalue weighted by molar-refractivity contribution is 5.98. The van der Waals surface area contributed by atoms with Crippen LogP contribution in [0.3, 0.4) is 0 Å². The first-order chi connectivity index (χ1) is 17.3. The Balaban J connectivity index is 2.94. The zero-order valence-corrected chi connectivity index (χ0v) is 22.8. The van der Waals surface area contributed by atoms with Crippen LogP contribution in [0.5, 0.6) is 5.75 Å². The van der Waals surface area contributed by atoms with E-state index in [0.717, 1.165) is 30.5 Å². The van der Waals surface area contributed by atoms with Gasteiger partial charge in [-0.15, -0.1) is 0 Å². The van der Waals surface area contributed by atoms with Crippen LogP contribution in [0.25, 0.3) is 0 Å². The van der Waals surface area contributed by atoms with Gasteiger partial charge in [0.25, 0.3) is 5.91 Å². The second-order valence-corrected chi connectivity index (χ2v) is 8.63. The van der Waals surface area contributed by atoms with Gasteiger partial charge in [0.2, 0.25) is 11.8 Å². The third-order valence-electron chi connectivity index (χ3n) is 5.93. The summed E-state index contributed by atoms with van der Waals surface area (Å²) >= 11 is 0. The minimum atomic E-state index is -0.360. The number of hydrogen-bond donors (Lipinski definition) is 1. The third-order valence-corrected chi connectivity index (χ3v) is 5.93. The van der Waals surface area contributed by atoms with Crippen LogP contribution >= 0.6 is 0 Å².